The van der Waals surface area contributed by atoms with Gasteiger partial charge in [-0.15, -0.1) is 0 Å². The number of hydrogen-bond acceptors (Lipinski definition) is 2. The third-order valence-electron chi connectivity index (χ3n) is 3.29. The molecular weight excluding hydrogens is 220 g/mol. The molecule has 0 aliphatic heterocycles. The van der Waals surface area contributed by atoms with Gasteiger partial charge >= 0.3 is 12.0 Å². The number of carboxylic acid groups (broad SMARTS) is 1. The molecule has 0 spiro atoms. The fourth-order valence-corrected chi connectivity index (χ4v) is 2.12. The minimum Gasteiger partial charge on any atom is -0.481 e. The molecule has 5 heteroatoms. The zero-order valence-corrected chi connectivity index (χ0v) is 10.5. The van der Waals surface area contributed by atoms with E-state index >= 15 is 0 Å². The number of aliphatic carboxylic acids is 1. The Labute approximate surface area is 102 Å². The summed E-state index contributed by atoms with van der Waals surface area (Å²) in [5.41, 5.74) is 0. The van der Waals surface area contributed by atoms with E-state index in [4.69, 9.17) is 5.11 Å². The van der Waals surface area contributed by atoms with Crippen molar-refractivity contribution in [3.05, 3.63) is 0 Å². The van der Waals surface area contributed by atoms with Crippen LogP contribution in [-0.4, -0.2) is 29.7 Å². The second-order valence-electron chi connectivity index (χ2n) is 5.02. The van der Waals surface area contributed by atoms with E-state index < -0.39 is 11.9 Å². The van der Waals surface area contributed by atoms with E-state index in [1.54, 1.807) is 0 Å². The molecule has 0 aromatic rings. The van der Waals surface area contributed by atoms with Crippen LogP contribution >= 0.6 is 0 Å². The maximum absolute atomic E-state index is 11.5. The van der Waals surface area contributed by atoms with E-state index in [1.807, 2.05) is 13.8 Å². The number of urea groups is 1. The highest BCUT2D eigenvalue weighted by atomic mass is 16.4. The second kappa shape index (κ2) is 6.47. The summed E-state index contributed by atoms with van der Waals surface area (Å²) in [4.78, 5) is 22.5. The summed E-state index contributed by atoms with van der Waals surface area (Å²) in [5.74, 6) is -1.37. The Bertz CT molecular complexity index is 273. The number of carbonyl (C=O) groups is 2. The standard InChI is InChI=1S/C12H22N2O3/c1-8(2)10(11(15)16)7-13-12(17)14-9-5-3-4-6-9/h8-10H,3-7H2,1-2H3,(H,15,16)(H2,13,14,17). The van der Waals surface area contributed by atoms with Gasteiger partial charge in [-0.3, -0.25) is 4.79 Å². The molecule has 2 amide bonds. The fraction of sp³-hybridized carbons (Fsp3) is 0.833. The van der Waals surface area contributed by atoms with Gasteiger partial charge in [-0.1, -0.05) is 26.7 Å². The Morgan fingerprint density at radius 3 is 2.35 bits per heavy atom. The van der Waals surface area contributed by atoms with E-state index in [9.17, 15) is 9.59 Å². The molecule has 17 heavy (non-hydrogen) atoms. The predicted molar refractivity (Wildman–Crippen MR) is 64.8 cm³/mol. The molecule has 0 aromatic carbocycles. The summed E-state index contributed by atoms with van der Waals surface area (Å²) in [7, 11) is 0. The quantitative estimate of drug-likeness (QED) is 0.685. The van der Waals surface area contributed by atoms with E-state index in [1.165, 1.54) is 0 Å². The Morgan fingerprint density at radius 1 is 1.29 bits per heavy atom. The van der Waals surface area contributed by atoms with Crippen LogP contribution in [0.5, 0.6) is 0 Å². The zero-order valence-electron chi connectivity index (χ0n) is 10.5. The van der Waals surface area contributed by atoms with Gasteiger partial charge < -0.3 is 15.7 Å². The molecule has 0 heterocycles. The first kappa shape index (κ1) is 13.8. The summed E-state index contributed by atoms with van der Waals surface area (Å²) in [6.07, 6.45) is 4.38. The van der Waals surface area contributed by atoms with Crippen molar-refractivity contribution in [3.63, 3.8) is 0 Å². The predicted octanol–water partition coefficient (Wildman–Crippen LogP) is 1.58. The average molecular weight is 242 g/mol. The fourth-order valence-electron chi connectivity index (χ4n) is 2.12. The summed E-state index contributed by atoms with van der Waals surface area (Å²) in [6.45, 7) is 3.87. The molecule has 1 aliphatic carbocycles. The smallest absolute Gasteiger partial charge is 0.315 e. The van der Waals surface area contributed by atoms with Crippen LogP contribution in [0.4, 0.5) is 4.79 Å². The number of amides is 2. The molecule has 0 bridgehead atoms. The monoisotopic (exact) mass is 242 g/mol. The summed E-state index contributed by atoms with van der Waals surface area (Å²) in [5, 5.41) is 14.5. The van der Waals surface area contributed by atoms with Crippen molar-refractivity contribution in [2.45, 2.75) is 45.6 Å². The van der Waals surface area contributed by atoms with Crippen molar-refractivity contribution < 1.29 is 14.7 Å². The number of hydrogen-bond donors (Lipinski definition) is 3. The highest BCUT2D eigenvalue weighted by Gasteiger charge is 2.23. The number of rotatable bonds is 5. The molecule has 1 fully saturated rings. The Hall–Kier alpha value is -1.26. The lowest BCUT2D eigenvalue weighted by Crippen LogP contribution is -2.44. The third-order valence-corrected chi connectivity index (χ3v) is 3.29. The van der Waals surface area contributed by atoms with Crippen molar-refractivity contribution in [1.29, 1.82) is 0 Å². The van der Waals surface area contributed by atoms with Crippen LogP contribution in [-0.2, 0) is 4.79 Å². The van der Waals surface area contributed by atoms with Crippen LogP contribution in [0.25, 0.3) is 0 Å². The molecule has 1 saturated carbocycles. The van der Waals surface area contributed by atoms with Gasteiger partial charge in [0.2, 0.25) is 0 Å². The average Bonchev–Trinajstić information content (AvgIpc) is 2.69. The lowest BCUT2D eigenvalue weighted by Gasteiger charge is -2.18. The summed E-state index contributed by atoms with van der Waals surface area (Å²) >= 11 is 0. The zero-order chi connectivity index (χ0) is 12.8. The number of nitrogens with one attached hydrogen (secondary N) is 2. The molecule has 3 N–H and O–H groups in total. The van der Waals surface area contributed by atoms with Gasteiger partial charge in [0.25, 0.3) is 0 Å². The van der Waals surface area contributed by atoms with Crippen molar-refractivity contribution in [1.82, 2.24) is 10.6 Å². The van der Waals surface area contributed by atoms with E-state index in [-0.39, 0.29) is 24.5 Å². The van der Waals surface area contributed by atoms with Gasteiger partial charge in [0.1, 0.15) is 0 Å². The summed E-state index contributed by atoms with van der Waals surface area (Å²) in [6, 6.07) is 0.0149. The van der Waals surface area contributed by atoms with E-state index in [2.05, 4.69) is 10.6 Å². The maximum Gasteiger partial charge on any atom is 0.315 e. The normalized spacial score (nSPS) is 18.1. The van der Waals surface area contributed by atoms with Crippen LogP contribution < -0.4 is 10.6 Å². The van der Waals surface area contributed by atoms with Crippen LogP contribution in [0.3, 0.4) is 0 Å². The molecule has 0 aromatic heterocycles. The second-order valence-corrected chi connectivity index (χ2v) is 5.02. The van der Waals surface area contributed by atoms with Crippen molar-refractivity contribution in [2.24, 2.45) is 11.8 Å². The molecule has 5 nitrogen and oxygen atoms in total. The first-order valence-electron chi connectivity index (χ1n) is 6.28. The Balaban J connectivity index is 2.28. The molecular formula is C12H22N2O3. The van der Waals surface area contributed by atoms with Gasteiger partial charge in [0, 0.05) is 12.6 Å². The molecule has 1 aliphatic rings. The van der Waals surface area contributed by atoms with Crippen molar-refractivity contribution in [2.75, 3.05) is 6.54 Å². The SMILES string of the molecule is CC(C)C(CNC(=O)NC1CCCC1)C(=O)O. The maximum atomic E-state index is 11.5. The lowest BCUT2D eigenvalue weighted by molar-refractivity contribution is -0.142. The van der Waals surface area contributed by atoms with Gasteiger partial charge in [-0.2, -0.15) is 0 Å². The molecule has 0 saturated heterocycles. The largest absolute Gasteiger partial charge is 0.481 e. The van der Waals surface area contributed by atoms with Gasteiger partial charge in [0.15, 0.2) is 0 Å². The Morgan fingerprint density at radius 2 is 1.88 bits per heavy atom. The summed E-state index contributed by atoms with van der Waals surface area (Å²) < 4.78 is 0. The topological polar surface area (TPSA) is 78.4 Å². The van der Waals surface area contributed by atoms with Crippen molar-refractivity contribution in [3.8, 4) is 0 Å². The molecule has 1 rings (SSSR count). The van der Waals surface area contributed by atoms with Crippen LogP contribution in [0.15, 0.2) is 0 Å². The number of carboxylic acids is 1. The van der Waals surface area contributed by atoms with Crippen LogP contribution in [0.1, 0.15) is 39.5 Å². The number of carbonyl (C=O) groups excluding carboxylic acids is 1. The third kappa shape index (κ3) is 4.63. The van der Waals surface area contributed by atoms with Gasteiger partial charge in [0.05, 0.1) is 5.92 Å². The molecule has 1 unspecified atom stereocenters. The molecule has 98 valence electrons. The highest BCUT2D eigenvalue weighted by molar-refractivity contribution is 5.76. The first-order chi connectivity index (χ1) is 8.00. The van der Waals surface area contributed by atoms with E-state index in [0.29, 0.717) is 0 Å². The van der Waals surface area contributed by atoms with Crippen molar-refractivity contribution >= 4 is 12.0 Å². The molecule has 0 radical (unpaired) electrons. The minimum absolute atomic E-state index is 0.0132. The molecule has 1 atom stereocenters. The minimum atomic E-state index is -0.860. The van der Waals surface area contributed by atoms with Crippen LogP contribution in [0, 0.1) is 11.8 Å². The first-order valence-corrected chi connectivity index (χ1v) is 6.28. The van der Waals surface area contributed by atoms with Crippen LogP contribution in [0.2, 0.25) is 0 Å². The lowest BCUT2D eigenvalue weighted by atomic mass is 9.96. The van der Waals surface area contributed by atoms with E-state index in [0.717, 1.165) is 25.7 Å². The van der Waals surface area contributed by atoms with Gasteiger partial charge in [-0.05, 0) is 18.8 Å². The Kier molecular flexibility index (Phi) is 5.25. The van der Waals surface area contributed by atoms with Gasteiger partial charge in [-0.25, -0.2) is 4.79 Å². The highest BCUT2D eigenvalue weighted by Crippen LogP contribution is 2.17.